The molecule has 25 heavy (non-hydrogen) atoms. The lowest BCUT2D eigenvalue weighted by molar-refractivity contribution is -0.139. The number of likely N-dealkylation sites (N-methyl/N-ethyl adjacent to an activating group) is 1. The minimum absolute atomic E-state index is 0.0730. The van der Waals surface area contributed by atoms with Crippen molar-refractivity contribution in [2.45, 2.75) is 13.0 Å². The van der Waals surface area contributed by atoms with Gasteiger partial charge in [0.1, 0.15) is 11.9 Å². The van der Waals surface area contributed by atoms with Crippen LogP contribution >= 0.6 is 0 Å². The zero-order chi connectivity index (χ0) is 17.8. The molecular formula is C20H26N2O3. The molecule has 0 aliphatic carbocycles. The Labute approximate surface area is 149 Å². The van der Waals surface area contributed by atoms with E-state index in [1.165, 1.54) is 0 Å². The van der Waals surface area contributed by atoms with Crippen LogP contribution in [0.25, 0.3) is 10.8 Å². The van der Waals surface area contributed by atoms with Crippen molar-refractivity contribution >= 4 is 16.7 Å². The fraction of sp³-hybridized carbons (Fsp3) is 0.450. The van der Waals surface area contributed by atoms with Crippen LogP contribution in [0, 0.1) is 0 Å². The number of amides is 1. The number of methoxy groups -OCH3 is 1. The van der Waals surface area contributed by atoms with Crippen LogP contribution in [0.3, 0.4) is 0 Å². The number of rotatable bonds is 5. The summed E-state index contributed by atoms with van der Waals surface area (Å²) in [7, 11) is 3.64. The topological polar surface area (TPSA) is 42.0 Å². The van der Waals surface area contributed by atoms with E-state index in [4.69, 9.17) is 9.47 Å². The van der Waals surface area contributed by atoms with E-state index in [1.54, 1.807) is 7.11 Å². The minimum Gasteiger partial charge on any atom is -0.497 e. The van der Waals surface area contributed by atoms with Gasteiger partial charge in [0.25, 0.3) is 0 Å². The molecule has 1 heterocycles. The zero-order valence-electron chi connectivity index (χ0n) is 15.2. The second-order valence-corrected chi connectivity index (χ2v) is 6.50. The number of hydrogen-bond acceptors (Lipinski definition) is 4. The highest BCUT2D eigenvalue weighted by atomic mass is 16.5. The summed E-state index contributed by atoms with van der Waals surface area (Å²) in [4.78, 5) is 16.4. The first-order chi connectivity index (χ1) is 12.1. The summed E-state index contributed by atoms with van der Waals surface area (Å²) in [5.41, 5.74) is 1.11. The normalized spacial score (nSPS) is 17.9. The Bertz CT molecular complexity index is 747. The first kappa shape index (κ1) is 17.7. The van der Waals surface area contributed by atoms with Crippen molar-refractivity contribution in [3.05, 3.63) is 42.0 Å². The molecule has 1 atom stereocenters. The van der Waals surface area contributed by atoms with E-state index in [0.29, 0.717) is 26.2 Å². The van der Waals surface area contributed by atoms with Crippen LogP contribution in [-0.2, 0) is 9.53 Å². The summed E-state index contributed by atoms with van der Waals surface area (Å²) < 4.78 is 11.2. The average Bonchev–Trinajstić information content (AvgIpc) is 2.67. The number of carbonyl (C=O) groups is 1. The van der Waals surface area contributed by atoms with Gasteiger partial charge >= 0.3 is 0 Å². The summed E-state index contributed by atoms with van der Waals surface area (Å²) in [5.74, 6) is 1.02. The van der Waals surface area contributed by atoms with Gasteiger partial charge in [-0.15, -0.1) is 0 Å². The van der Waals surface area contributed by atoms with Gasteiger partial charge in [-0.2, -0.15) is 0 Å². The van der Waals surface area contributed by atoms with Crippen LogP contribution in [0.5, 0.6) is 5.75 Å². The number of morpholine rings is 1. The van der Waals surface area contributed by atoms with Gasteiger partial charge in [0, 0.05) is 6.54 Å². The van der Waals surface area contributed by atoms with E-state index in [1.807, 2.05) is 29.0 Å². The van der Waals surface area contributed by atoms with E-state index >= 15 is 0 Å². The summed E-state index contributed by atoms with van der Waals surface area (Å²) in [6, 6.07) is 12.4. The molecule has 0 N–H and O–H groups in total. The molecule has 1 amide bonds. The Morgan fingerprint density at radius 3 is 2.80 bits per heavy atom. The first-order valence-electron chi connectivity index (χ1n) is 8.76. The molecule has 2 aromatic carbocycles. The Hall–Kier alpha value is -2.11. The predicted molar refractivity (Wildman–Crippen MR) is 98.9 cm³/mol. The summed E-state index contributed by atoms with van der Waals surface area (Å²) in [6.45, 7) is 5.23. The maximum absolute atomic E-state index is 12.4. The maximum atomic E-state index is 12.4. The number of ether oxygens (including phenoxy) is 2. The molecule has 2 aromatic rings. The standard InChI is InChI=1S/C20H26N2O3/c1-4-21(2)14-20(23)22-9-10-25-19(13-22)17-6-5-16-12-18(24-3)8-7-15(16)11-17/h5-8,11-12,19H,4,9-10,13-14H2,1-3H3/t19-/m1/s1. The SMILES string of the molecule is CCN(C)CC(=O)N1CCO[C@@H](c2ccc3cc(OC)ccc3c2)C1. The van der Waals surface area contributed by atoms with Crippen molar-refractivity contribution in [2.24, 2.45) is 0 Å². The fourth-order valence-electron chi connectivity index (χ4n) is 3.09. The van der Waals surface area contributed by atoms with E-state index < -0.39 is 0 Å². The third-order valence-corrected chi connectivity index (χ3v) is 4.81. The highest BCUT2D eigenvalue weighted by Crippen LogP contribution is 2.27. The van der Waals surface area contributed by atoms with Crippen molar-refractivity contribution in [1.82, 2.24) is 9.80 Å². The Kier molecular flexibility index (Phi) is 5.56. The molecule has 0 aromatic heterocycles. The van der Waals surface area contributed by atoms with Crippen LogP contribution in [0.15, 0.2) is 36.4 Å². The van der Waals surface area contributed by atoms with Crippen molar-refractivity contribution in [3.8, 4) is 5.75 Å². The molecule has 0 bridgehead atoms. The number of fused-ring (bicyclic) bond motifs is 1. The van der Waals surface area contributed by atoms with Crippen molar-refractivity contribution in [3.63, 3.8) is 0 Å². The third-order valence-electron chi connectivity index (χ3n) is 4.81. The van der Waals surface area contributed by atoms with Crippen molar-refractivity contribution in [1.29, 1.82) is 0 Å². The molecule has 0 radical (unpaired) electrons. The predicted octanol–water partition coefficient (Wildman–Crippen LogP) is 2.70. The van der Waals surface area contributed by atoms with Gasteiger partial charge in [-0.1, -0.05) is 25.1 Å². The van der Waals surface area contributed by atoms with Crippen LogP contribution in [0.2, 0.25) is 0 Å². The second-order valence-electron chi connectivity index (χ2n) is 6.50. The van der Waals surface area contributed by atoms with Gasteiger partial charge in [0.05, 0.1) is 26.8 Å². The van der Waals surface area contributed by atoms with Crippen LogP contribution < -0.4 is 4.74 Å². The van der Waals surface area contributed by atoms with E-state index in [9.17, 15) is 4.79 Å². The lowest BCUT2D eigenvalue weighted by Crippen LogP contribution is -2.46. The summed E-state index contributed by atoms with van der Waals surface area (Å²) >= 11 is 0. The fourth-order valence-corrected chi connectivity index (χ4v) is 3.09. The van der Waals surface area contributed by atoms with E-state index in [-0.39, 0.29) is 12.0 Å². The third kappa shape index (κ3) is 4.11. The smallest absolute Gasteiger partial charge is 0.236 e. The van der Waals surface area contributed by atoms with Crippen LogP contribution in [0.4, 0.5) is 0 Å². The molecule has 0 spiro atoms. The maximum Gasteiger partial charge on any atom is 0.236 e. The first-order valence-corrected chi connectivity index (χ1v) is 8.76. The highest BCUT2D eigenvalue weighted by molar-refractivity contribution is 5.84. The quantitative estimate of drug-likeness (QED) is 0.838. The molecule has 0 saturated carbocycles. The van der Waals surface area contributed by atoms with E-state index in [0.717, 1.165) is 28.6 Å². The van der Waals surface area contributed by atoms with Gasteiger partial charge in [-0.3, -0.25) is 9.69 Å². The summed E-state index contributed by atoms with van der Waals surface area (Å²) in [5, 5.41) is 2.28. The molecule has 5 heteroatoms. The Balaban J connectivity index is 1.74. The molecular weight excluding hydrogens is 316 g/mol. The molecule has 3 rings (SSSR count). The van der Waals surface area contributed by atoms with Crippen LogP contribution in [-0.4, -0.2) is 62.7 Å². The van der Waals surface area contributed by atoms with Gasteiger partial charge in [-0.25, -0.2) is 0 Å². The van der Waals surface area contributed by atoms with Gasteiger partial charge in [0.15, 0.2) is 0 Å². The minimum atomic E-state index is -0.0730. The molecule has 1 aliphatic rings. The molecule has 0 unspecified atom stereocenters. The molecule has 1 saturated heterocycles. The Morgan fingerprint density at radius 2 is 2.04 bits per heavy atom. The largest absolute Gasteiger partial charge is 0.497 e. The average molecular weight is 342 g/mol. The van der Waals surface area contributed by atoms with Gasteiger partial charge in [0.2, 0.25) is 5.91 Å². The molecule has 1 aliphatic heterocycles. The lowest BCUT2D eigenvalue weighted by atomic mass is 10.0. The molecule has 134 valence electrons. The Morgan fingerprint density at radius 1 is 1.28 bits per heavy atom. The monoisotopic (exact) mass is 342 g/mol. The number of benzene rings is 2. The number of carbonyl (C=O) groups excluding carboxylic acids is 1. The van der Waals surface area contributed by atoms with E-state index in [2.05, 4.69) is 31.2 Å². The van der Waals surface area contributed by atoms with Gasteiger partial charge < -0.3 is 14.4 Å². The summed E-state index contributed by atoms with van der Waals surface area (Å²) in [6.07, 6.45) is -0.0730. The van der Waals surface area contributed by atoms with Crippen LogP contribution in [0.1, 0.15) is 18.6 Å². The number of hydrogen-bond donors (Lipinski definition) is 0. The highest BCUT2D eigenvalue weighted by Gasteiger charge is 2.25. The molecule has 5 nitrogen and oxygen atoms in total. The van der Waals surface area contributed by atoms with Crippen molar-refractivity contribution in [2.75, 3.05) is 46.9 Å². The van der Waals surface area contributed by atoms with Crippen molar-refractivity contribution < 1.29 is 14.3 Å². The zero-order valence-corrected chi connectivity index (χ0v) is 15.2. The lowest BCUT2D eigenvalue weighted by Gasteiger charge is -2.34. The van der Waals surface area contributed by atoms with Gasteiger partial charge in [-0.05, 0) is 48.1 Å². The second kappa shape index (κ2) is 7.85. The number of nitrogens with zero attached hydrogens (tertiary/aromatic N) is 2. The molecule has 1 fully saturated rings.